The minimum Gasteiger partial charge on any atom is -0.354 e. The first-order valence-electron chi connectivity index (χ1n) is 10.5. The van der Waals surface area contributed by atoms with Crippen LogP contribution in [-0.2, 0) is 22.3 Å². The van der Waals surface area contributed by atoms with E-state index in [-0.39, 0.29) is 35.8 Å². The van der Waals surface area contributed by atoms with Gasteiger partial charge in [0.2, 0.25) is 10.0 Å². The van der Waals surface area contributed by atoms with E-state index >= 15 is 0 Å². The molecule has 0 aromatic heterocycles. The van der Waals surface area contributed by atoms with E-state index in [0.717, 1.165) is 43.0 Å². The van der Waals surface area contributed by atoms with E-state index in [1.54, 1.807) is 7.05 Å². The van der Waals surface area contributed by atoms with Crippen molar-refractivity contribution in [1.29, 1.82) is 0 Å². The minimum absolute atomic E-state index is 0. The standard InChI is InChI=1S/C21H37N5O2S.HI/c1-16(2)25-29(27,28)15-19-9-7-6-8-18(19)14-23-21(22-5)24-20-10-12-26(13-11-20)17(3)4;/h6-9,16-17,20,25H,10-15H2,1-5H3,(H2,22,23,24);1H. The number of benzene rings is 1. The molecule has 30 heavy (non-hydrogen) atoms. The van der Waals surface area contributed by atoms with E-state index in [2.05, 4.69) is 39.1 Å². The average Bonchev–Trinajstić information content (AvgIpc) is 2.65. The molecule has 7 nitrogen and oxygen atoms in total. The Balaban J connectivity index is 0.00000450. The normalized spacial score (nSPS) is 16.6. The number of hydrogen-bond donors (Lipinski definition) is 3. The topological polar surface area (TPSA) is 85.8 Å². The van der Waals surface area contributed by atoms with Crippen molar-refractivity contribution in [3.05, 3.63) is 35.4 Å². The predicted octanol–water partition coefficient (Wildman–Crippen LogP) is 2.67. The van der Waals surface area contributed by atoms with Crippen LogP contribution in [0.2, 0.25) is 0 Å². The van der Waals surface area contributed by atoms with Crippen LogP contribution in [0.25, 0.3) is 0 Å². The van der Waals surface area contributed by atoms with Crippen LogP contribution >= 0.6 is 24.0 Å². The Morgan fingerprint density at radius 2 is 1.73 bits per heavy atom. The Morgan fingerprint density at radius 3 is 2.27 bits per heavy atom. The fourth-order valence-corrected chi connectivity index (χ4v) is 5.10. The molecule has 1 aliphatic rings. The van der Waals surface area contributed by atoms with Crippen LogP contribution in [0.3, 0.4) is 0 Å². The van der Waals surface area contributed by atoms with Crippen molar-refractivity contribution in [1.82, 2.24) is 20.3 Å². The molecule has 0 saturated carbocycles. The number of likely N-dealkylation sites (tertiary alicyclic amines) is 1. The zero-order chi connectivity index (χ0) is 21.4. The van der Waals surface area contributed by atoms with Gasteiger partial charge in [0.05, 0.1) is 5.75 Å². The van der Waals surface area contributed by atoms with Crippen molar-refractivity contribution in [3.63, 3.8) is 0 Å². The molecule has 1 saturated heterocycles. The van der Waals surface area contributed by atoms with Gasteiger partial charge in [-0.15, -0.1) is 24.0 Å². The van der Waals surface area contributed by atoms with Gasteiger partial charge in [0, 0.05) is 44.8 Å². The fraction of sp³-hybridized carbons (Fsp3) is 0.667. The molecule has 1 heterocycles. The predicted molar refractivity (Wildman–Crippen MR) is 136 cm³/mol. The molecule has 172 valence electrons. The molecule has 0 radical (unpaired) electrons. The monoisotopic (exact) mass is 551 g/mol. The lowest BCUT2D eigenvalue weighted by Crippen LogP contribution is -2.49. The summed E-state index contributed by atoms with van der Waals surface area (Å²) < 4.78 is 27.3. The summed E-state index contributed by atoms with van der Waals surface area (Å²) in [7, 11) is -1.60. The molecule has 9 heteroatoms. The zero-order valence-corrected chi connectivity index (χ0v) is 22.0. The number of nitrogens with zero attached hydrogens (tertiary/aromatic N) is 2. The largest absolute Gasteiger partial charge is 0.354 e. The van der Waals surface area contributed by atoms with E-state index in [0.29, 0.717) is 18.6 Å². The van der Waals surface area contributed by atoms with E-state index < -0.39 is 10.0 Å². The third kappa shape index (κ3) is 9.07. The summed E-state index contributed by atoms with van der Waals surface area (Å²) in [6.45, 7) is 10.8. The highest BCUT2D eigenvalue weighted by Crippen LogP contribution is 2.14. The lowest BCUT2D eigenvalue weighted by molar-refractivity contribution is 0.167. The van der Waals surface area contributed by atoms with Crippen LogP contribution < -0.4 is 15.4 Å². The Kier molecular flexibility index (Phi) is 11.6. The number of halogens is 1. The van der Waals surface area contributed by atoms with Crippen molar-refractivity contribution in [2.24, 2.45) is 4.99 Å². The molecule has 1 aromatic rings. The lowest BCUT2D eigenvalue weighted by Gasteiger charge is -2.35. The smallest absolute Gasteiger partial charge is 0.216 e. The fourth-order valence-electron chi connectivity index (χ4n) is 3.60. The van der Waals surface area contributed by atoms with Gasteiger partial charge in [0.15, 0.2) is 5.96 Å². The molecule has 0 atom stereocenters. The molecule has 3 N–H and O–H groups in total. The van der Waals surface area contributed by atoms with Gasteiger partial charge in [0.25, 0.3) is 0 Å². The summed E-state index contributed by atoms with van der Waals surface area (Å²) >= 11 is 0. The van der Waals surface area contributed by atoms with Gasteiger partial charge in [-0.2, -0.15) is 0 Å². The first-order valence-corrected chi connectivity index (χ1v) is 12.1. The maximum absolute atomic E-state index is 12.3. The van der Waals surface area contributed by atoms with Gasteiger partial charge >= 0.3 is 0 Å². The SMILES string of the molecule is CN=C(NCc1ccccc1CS(=O)(=O)NC(C)C)NC1CCN(C(C)C)CC1.I. The van der Waals surface area contributed by atoms with Crippen LogP contribution in [0.15, 0.2) is 29.3 Å². The number of piperidine rings is 1. The maximum Gasteiger partial charge on any atom is 0.216 e. The van der Waals surface area contributed by atoms with E-state index in [1.807, 2.05) is 38.1 Å². The zero-order valence-electron chi connectivity index (χ0n) is 18.8. The second-order valence-corrected chi connectivity index (χ2v) is 10.0. The molecule has 0 amide bonds. The van der Waals surface area contributed by atoms with Crippen molar-refractivity contribution in [2.75, 3.05) is 20.1 Å². The number of rotatable bonds is 8. The molecule has 1 fully saturated rings. The molecule has 1 aliphatic heterocycles. The summed E-state index contributed by atoms with van der Waals surface area (Å²) in [5, 5.41) is 6.85. The third-order valence-electron chi connectivity index (χ3n) is 5.15. The van der Waals surface area contributed by atoms with Crippen molar-refractivity contribution < 1.29 is 8.42 Å². The van der Waals surface area contributed by atoms with Crippen LogP contribution in [-0.4, -0.2) is 57.5 Å². The molecular weight excluding hydrogens is 513 g/mol. The van der Waals surface area contributed by atoms with Gasteiger partial charge < -0.3 is 15.5 Å². The van der Waals surface area contributed by atoms with Gasteiger partial charge in [-0.3, -0.25) is 4.99 Å². The second-order valence-electron chi connectivity index (χ2n) is 8.27. The van der Waals surface area contributed by atoms with Crippen molar-refractivity contribution in [3.8, 4) is 0 Å². The number of sulfonamides is 1. The molecule has 2 rings (SSSR count). The second kappa shape index (κ2) is 12.8. The van der Waals surface area contributed by atoms with Crippen LogP contribution in [0.5, 0.6) is 0 Å². The highest BCUT2D eigenvalue weighted by atomic mass is 127. The van der Waals surface area contributed by atoms with E-state index in [4.69, 9.17) is 0 Å². The highest BCUT2D eigenvalue weighted by Gasteiger charge is 2.21. The molecular formula is C21H38IN5O2S. The van der Waals surface area contributed by atoms with Gasteiger partial charge in [-0.1, -0.05) is 24.3 Å². The number of aliphatic imine (C=N–C) groups is 1. The van der Waals surface area contributed by atoms with Crippen LogP contribution in [0.1, 0.15) is 51.7 Å². The summed E-state index contributed by atoms with van der Waals surface area (Å²) in [4.78, 5) is 6.84. The lowest BCUT2D eigenvalue weighted by atomic mass is 10.0. The minimum atomic E-state index is -3.36. The first kappa shape index (κ1) is 27.1. The Bertz CT molecular complexity index is 775. The van der Waals surface area contributed by atoms with Crippen LogP contribution in [0.4, 0.5) is 0 Å². The molecule has 1 aromatic carbocycles. The van der Waals surface area contributed by atoms with Crippen molar-refractivity contribution in [2.45, 2.75) is 71.0 Å². The molecule has 0 unspecified atom stereocenters. The highest BCUT2D eigenvalue weighted by molar-refractivity contribution is 14.0. The summed E-state index contributed by atoms with van der Waals surface area (Å²) in [5.41, 5.74) is 1.76. The summed E-state index contributed by atoms with van der Waals surface area (Å²) in [5.74, 6) is 0.730. The number of guanidine groups is 1. The maximum atomic E-state index is 12.3. The molecule has 0 aliphatic carbocycles. The number of nitrogens with one attached hydrogen (secondary N) is 3. The van der Waals surface area contributed by atoms with Gasteiger partial charge in [0.1, 0.15) is 0 Å². The average molecular weight is 552 g/mol. The third-order valence-corrected chi connectivity index (χ3v) is 6.67. The van der Waals surface area contributed by atoms with Crippen LogP contribution in [0, 0.1) is 0 Å². The Hall–Kier alpha value is -0.910. The first-order chi connectivity index (χ1) is 13.7. The molecule has 0 spiro atoms. The van der Waals surface area contributed by atoms with Crippen molar-refractivity contribution >= 4 is 40.0 Å². The Morgan fingerprint density at radius 1 is 1.13 bits per heavy atom. The quantitative estimate of drug-likeness (QED) is 0.263. The Labute approximate surface area is 199 Å². The summed E-state index contributed by atoms with van der Waals surface area (Å²) in [6, 6.07) is 8.51. The molecule has 0 bridgehead atoms. The summed E-state index contributed by atoms with van der Waals surface area (Å²) in [6.07, 6.45) is 2.18. The van der Waals surface area contributed by atoms with E-state index in [1.165, 1.54) is 0 Å². The van der Waals surface area contributed by atoms with Gasteiger partial charge in [-0.25, -0.2) is 13.1 Å². The van der Waals surface area contributed by atoms with E-state index in [9.17, 15) is 8.42 Å². The number of hydrogen-bond acceptors (Lipinski definition) is 4. The van der Waals surface area contributed by atoms with Gasteiger partial charge in [-0.05, 0) is 51.7 Å².